The Morgan fingerprint density at radius 1 is 1.59 bits per heavy atom. The maximum absolute atomic E-state index is 11.9. The topological polar surface area (TPSA) is 81.2 Å². The quantitative estimate of drug-likeness (QED) is 0.836. The number of hydrogen-bond donors (Lipinski definition) is 2. The van der Waals surface area contributed by atoms with Crippen LogP contribution in [0.3, 0.4) is 0 Å². The standard InChI is InChI=1S/C12H21N3O2/c1-6-12(5,13)11(16)14-7(2)10-8(3)15-17-9(10)4/h7H,6,13H2,1-5H3,(H,14,16). The summed E-state index contributed by atoms with van der Waals surface area (Å²) in [5.41, 5.74) is 6.76. The molecule has 0 aromatic carbocycles. The zero-order valence-corrected chi connectivity index (χ0v) is 11.1. The molecule has 0 aliphatic rings. The number of nitrogens with two attached hydrogens (primary N) is 1. The Morgan fingerprint density at radius 3 is 2.59 bits per heavy atom. The highest BCUT2D eigenvalue weighted by molar-refractivity contribution is 5.85. The molecule has 2 atom stereocenters. The number of nitrogens with one attached hydrogen (secondary N) is 1. The van der Waals surface area contributed by atoms with E-state index in [1.165, 1.54) is 0 Å². The highest BCUT2D eigenvalue weighted by Crippen LogP contribution is 2.21. The van der Waals surface area contributed by atoms with E-state index < -0.39 is 5.54 Å². The fraction of sp³-hybridized carbons (Fsp3) is 0.667. The monoisotopic (exact) mass is 239 g/mol. The molecule has 17 heavy (non-hydrogen) atoms. The summed E-state index contributed by atoms with van der Waals surface area (Å²) in [5.74, 6) is 0.568. The van der Waals surface area contributed by atoms with Crippen LogP contribution in [0.15, 0.2) is 4.52 Å². The lowest BCUT2D eigenvalue weighted by Crippen LogP contribution is -2.51. The van der Waals surface area contributed by atoms with E-state index in [-0.39, 0.29) is 11.9 Å². The lowest BCUT2D eigenvalue weighted by Gasteiger charge is -2.24. The van der Waals surface area contributed by atoms with Gasteiger partial charge in [0.2, 0.25) is 5.91 Å². The number of carbonyl (C=O) groups excluding carboxylic acids is 1. The van der Waals surface area contributed by atoms with Crippen LogP contribution >= 0.6 is 0 Å². The summed E-state index contributed by atoms with van der Waals surface area (Å²) in [4.78, 5) is 11.9. The zero-order valence-electron chi connectivity index (χ0n) is 11.1. The molecule has 0 aliphatic heterocycles. The molecule has 1 aromatic rings. The van der Waals surface area contributed by atoms with Crippen LogP contribution in [0.25, 0.3) is 0 Å². The summed E-state index contributed by atoms with van der Waals surface area (Å²) in [6.45, 7) is 9.20. The largest absolute Gasteiger partial charge is 0.361 e. The van der Waals surface area contributed by atoms with Crippen LogP contribution in [0, 0.1) is 13.8 Å². The van der Waals surface area contributed by atoms with Gasteiger partial charge in [0.15, 0.2) is 0 Å². The Hall–Kier alpha value is -1.36. The third kappa shape index (κ3) is 2.85. The van der Waals surface area contributed by atoms with Crippen LogP contribution < -0.4 is 11.1 Å². The molecule has 0 saturated carbocycles. The van der Waals surface area contributed by atoms with E-state index in [9.17, 15) is 4.79 Å². The molecule has 1 heterocycles. The van der Waals surface area contributed by atoms with Crippen molar-refractivity contribution < 1.29 is 9.32 Å². The Labute approximate surface area is 102 Å². The lowest BCUT2D eigenvalue weighted by molar-refractivity contribution is -0.126. The average Bonchev–Trinajstić information content (AvgIpc) is 2.58. The molecule has 0 radical (unpaired) electrons. The van der Waals surface area contributed by atoms with Gasteiger partial charge in [0.05, 0.1) is 17.3 Å². The molecule has 2 unspecified atom stereocenters. The fourth-order valence-corrected chi connectivity index (χ4v) is 1.70. The van der Waals surface area contributed by atoms with E-state index in [2.05, 4.69) is 10.5 Å². The van der Waals surface area contributed by atoms with Crippen LogP contribution in [0.5, 0.6) is 0 Å². The maximum Gasteiger partial charge on any atom is 0.240 e. The Morgan fingerprint density at radius 2 is 2.18 bits per heavy atom. The minimum Gasteiger partial charge on any atom is -0.361 e. The number of aromatic nitrogens is 1. The highest BCUT2D eigenvalue weighted by atomic mass is 16.5. The van der Waals surface area contributed by atoms with E-state index in [1.54, 1.807) is 6.92 Å². The second-order valence-electron chi connectivity index (χ2n) is 4.70. The normalized spacial score (nSPS) is 16.4. The van der Waals surface area contributed by atoms with Crippen molar-refractivity contribution in [3.8, 4) is 0 Å². The van der Waals surface area contributed by atoms with Crippen molar-refractivity contribution >= 4 is 5.91 Å². The van der Waals surface area contributed by atoms with E-state index >= 15 is 0 Å². The van der Waals surface area contributed by atoms with Gasteiger partial charge in [0.25, 0.3) is 0 Å². The Kier molecular flexibility index (Phi) is 3.93. The number of amides is 1. The van der Waals surface area contributed by atoms with Gasteiger partial charge in [-0.25, -0.2) is 0 Å². The molecule has 0 spiro atoms. The van der Waals surface area contributed by atoms with E-state index in [0.717, 1.165) is 17.0 Å². The van der Waals surface area contributed by atoms with Gasteiger partial charge in [-0.1, -0.05) is 12.1 Å². The third-order valence-electron chi connectivity index (χ3n) is 3.12. The van der Waals surface area contributed by atoms with Crippen molar-refractivity contribution in [2.24, 2.45) is 5.73 Å². The molecule has 3 N–H and O–H groups in total. The summed E-state index contributed by atoms with van der Waals surface area (Å²) in [5, 5.41) is 6.76. The van der Waals surface area contributed by atoms with Gasteiger partial charge in [0, 0.05) is 5.56 Å². The summed E-state index contributed by atoms with van der Waals surface area (Å²) in [6, 6.07) is -0.150. The zero-order chi connectivity index (χ0) is 13.2. The lowest BCUT2D eigenvalue weighted by atomic mass is 9.98. The minimum atomic E-state index is -0.840. The van der Waals surface area contributed by atoms with Gasteiger partial charge in [-0.2, -0.15) is 0 Å². The third-order valence-corrected chi connectivity index (χ3v) is 3.12. The predicted octanol–water partition coefficient (Wildman–Crippen LogP) is 1.60. The summed E-state index contributed by atoms with van der Waals surface area (Å²) >= 11 is 0. The van der Waals surface area contributed by atoms with E-state index in [4.69, 9.17) is 10.3 Å². The van der Waals surface area contributed by atoms with Crippen molar-refractivity contribution in [1.29, 1.82) is 0 Å². The molecule has 0 fully saturated rings. The fourth-order valence-electron chi connectivity index (χ4n) is 1.70. The molecule has 96 valence electrons. The molecule has 5 heteroatoms. The summed E-state index contributed by atoms with van der Waals surface area (Å²) in [7, 11) is 0. The molecule has 0 aliphatic carbocycles. The minimum absolute atomic E-state index is 0.150. The Balaban J connectivity index is 2.80. The molecular formula is C12H21N3O2. The van der Waals surface area contributed by atoms with Gasteiger partial charge in [0.1, 0.15) is 5.76 Å². The highest BCUT2D eigenvalue weighted by Gasteiger charge is 2.28. The number of aryl methyl sites for hydroxylation is 2. The van der Waals surface area contributed by atoms with Crippen LogP contribution in [0.2, 0.25) is 0 Å². The number of hydrogen-bond acceptors (Lipinski definition) is 4. The molecule has 0 bridgehead atoms. The Bertz CT molecular complexity index is 390. The van der Waals surface area contributed by atoms with Crippen molar-refractivity contribution in [3.63, 3.8) is 0 Å². The van der Waals surface area contributed by atoms with Crippen molar-refractivity contribution in [3.05, 3.63) is 17.0 Å². The smallest absolute Gasteiger partial charge is 0.240 e. The van der Waals surface area contributed by atoms with Crippen molar-refractivity contribution in [1.82, 2.24) is 10.5 Å². The first-order chi connectivity index (χ1) is 7.79. The SMILES string of the molecule is CCC(C)(N)C(=O)NC(C)c1c(C)noc1C. The summed E-state index contributed by atoms with van der Waals surface area (Å²) in [6.07, 6.45) is 0.590. The number of nitrogens with zero attached hydrogens (tertiary/aromatic N) is 1. The predicted molar refractivity (Wildman–Crippen MR) is 65.4 cm³/mol. The molecule has 0 saturated heterocycles. The van der Waals surface area contributed by atoms with Crippen molar-refractivity contribution in [2.75, 3.05) is 0 Å². The van der Waals surface area contributed by atoms with E-state index in [1.807, 2.05) is 27.7 Å². The van der Waals surface area contributed by atoms with Crippen LogP contribution in [0.4, 0.5) is 0 Å². The molecular weight excluding hydrogens is 218 g/mol. The van der Waals surface area contributed by atoms with Gasteiger partial charge in [-0.05, 0) is 34.1 Å². The maximum atomic E-state index is 11.9. The van der Waals surface area contributed by atoms with Gasteiger partial charge < -0.3 is 15.6 Å². The molecule has 1 rings (SSSR count). The van der Waals surface area contributed by atoms with E-state index in [0.29, 0.717) is 6.42 Å². The van der Waals surface area contributed by atoms with Crippen LogP contribution in [0.1, 0.15) is 50.3 Å². The van der Waals surface area contributed by atoms with Gasteiger partial charge >= 0.3 is 0 Å². The molecule has 5 nitrogen and oxygen atoms in total. The second kappa shape index (κ2) is 4.87. The van der Waals surface area contributed by atoms with Crippen LogP contribution in [-0.4, -0.2) is 16.6 Å². The molecule has 1 aromatic heterocycles. The first-order valence-corrected chi connectivity index (χ1v) is 5.82. The van der Waals surface area contributed by atoms with Gasteiger partial charge in [-0.3, -0.25) is 4.79 Å². The first kappa shape index (κ1) is 13.7. The number of carbonyl (C=O) groups is 1. The first-order valence-electron chi connectivity index (χ1n) is 5.82. The van der Waals surface area contributed by atoms with Gasteiger partial charge in [-0.15, -0.1) is 0 Å². The van der Waals surface area contributed by atoms with Crippen LogP contribution in [-0.2, 0) is 4.79 Å². The number of rotatable bonds is 4. The average molecular weight is 239 g/mol. The van der Waals surface area contributed by atoms with Crippen molar-refractivity contribution in [2.45, 2.75) is 52.6 Å². The summed E-state index contributed by atoms with van der Waals surface area (Å²) < 4.78 is 5.08. The molecule has 1 amide bonds. The second-order valence-corrected chi connectivity index (χ2v) is 4.70.